The van der Waals surface area contributed by atoms with Crippen molar-refractivity contribution < 1.29 is 13.5 Å². The van der Waals surface area contributed by atoms with Gasteiger partial charge in [0.1, 0.15) is 0 Å². The summed E-state index contributed by atoms with van der Waals surface area (Å²) in [6, 6.07) is 6.98. The lowest BCUT2D eigenvalue weighted by atomic mass is 10.0. The summed E-state index contributed by atoms with van der Waals surface area (Å²) in [6.45, 7) is 6.12. The molecule has 1 unspecified atom stereocenters. The van der Waals surface area contributed by atoms with Gasteiger partial charge in [-0.3, -0.25) is 0 Å². The monoisotopic (exact) mass is 310 g/mol. The number of benzene rings is 1. The summed E-state index contributed by atoms with van der Waals surface area (Å²) in [4.78, 5) is 0.384. The minimum atomic E-state index is -3.25. The summed E-state index contributed by atoms with van der Waals surface area (Å²) < 4.78 is 24.6. The summed E-state index contributed by atoms with van der Waals surface area (Å²) in [5, 5.41) is 8.85. The van der Waals surface area contributed by atoms with Crippen LogP contribution in [0.25, 0.3) is 0 Å². The van der Waals surface area contributed by atoms with Crippen LogP contribution in [-0.2, 0) is 9.84 Å². The van der Waals surface area contributed by atoms with Crippen LogP contribution in [0.2, 0.25) is 0 Å². The van der Waals surface area contributed by atoms with Crippen molar-refractivity contribution in [3.63, 3.8) is 0 Å². The zero-order valence-corrected chi connectivity index (χ0v) is 14.0. The lowest BCUT2D eigenvalue weighted by molar-refractivity contribution is 0.259. The normalized spacial score (nSPS) is 14.2. The van der Waals surface area contributed by atoms with Crippen LogP contribution in [0.5, 0.6) is 0 Å². The topological polar surface area (TPSA) is 54.4 Å². The molecule has 1 aromatic carbocycles. The second kappa shape index (κ2) is 8.35. The van der Waals surface area contributed by atoms with Gasteiger partial charge in [0.2, 0.25) is 0 Å². The molecule has 3 nitrogen and oxygen atoms in total. The number of sulfone groups is 1. The molecule has 4 heteroatoms. The highest BCUT2D eigenvalue weighted by Crippen LogP contribution is 2.16. The van der Waals surface area contributed by atoms with Gasteiger partial charge in [-0.25, -0.2) is 8.42 Å². The van der Waals surface area contributed by atoms with Crippen molar-refractivity contribution in [2.24, 2.45) is 5.92 Å². The molecule has 0 aliphatic heterocycles. The molecule has 1 aromatic rings. The van der Waals surface area contributed by atoms with E-state index in [1.165, 1.54) is 0 Å². The summed E-state index contributed by atoms with van der Waals surface area (Å²) in [5.41, 5.74) is 1.94. The Morgan fingerprint density at radius 3 is 2.43 bits per heavy atom. The Bertz CT molecular complexity index is 556. The maximum absolute atomic E-state index is 12.3. The highest BCUT2D eigenvalue weighted by atomic mass is 32.2. The molecule has 0 saturated heterocycles. The molecule has 0 bridgehead atoms. The number of hydrogen-bond acceptors (Lipinski definition) is 3. The minimum Gasteiger partial charge on any atom is -0.396 e. The van der Waals surface area contributed by atoms with Gasteiger partial charge in [0.05, 0.1) is 10.6 Å². The number of aliphatic hydroxyl groups is 1. The van der Waals surface area contributed by atoms with Crippen LogP contribution in [0.4, 0.5) is 0 Å². The van der Waals surface area contributed by atoms with Gasteiger partial charge < -0.3 is 5.11 Å². The number of aryl methyl sites for hydroxylation is 1. The summed E-state index contributed by atoms with van der Waals surface area (Å²) in [5.74, 6) is 0.539. The molecule has 0 aromatic heterocycles. The number of rotatable bonds is 8. The van der Waals surface area contributed by atoms with Gasteiger partial charge in [0.15, 0.2) is 9.84 Å². The van der Waals surface area contributed by atoms with E-state index in [0.29, 0.717) is 10.8 Å². The average Bonchev–Trinajstić information content (AvgIpc) is 2.38. The van der Waals surface area contributed by atoms with Gasteiger partial charge in [-0.15, -0.1) is 0 Å². The van der Waals surface area contributed by atoms with Crippen LogP contribution in [0.15, 0.2) is 40.8 Å². The molecule has 21 heavy (non-hydrogen) atoms. The Hall–Kier alpha value is -1.13. The SMILES string of the molecule is CC(=CCCC(C)CCO)CS(=O)(=O)c1ccc(C)cc1. The van der Waals surface area contributed by atoms with E-state index < -0.39 is 9.84 Å². The zero-order chi connectivity index (χ0) is 15.9. The first-order chi connectivity index (χ1) is 9.85. The first-order valence-corrected chi connectivity index (χ1v) is 9.06. The number of hydrogen-bond donors (Lipinski definition) is 1. The molecule has 1 rings (SSSR count). The lowest BCUT2D eigenvalue weighted by Crippen LogP contribution is -2.08. The Morgan fingerprint density at radius 2 is 1.86 bits per heavy atom. The van der Waals surface area contributed by atoms with Crippen molar-refractivity contribution in [2.75, 3.05) is 12.4 Å². The van der Waals surface area contributed by atoms with Crippen LogP contribution in [0.1, 0.15) is 38.7 Å². The molecular formula is C17H26O3S. The van der Waals surface area contributed by atoms with E-state index in [4.69, 9.17) is 5.11 Å². The third-order valence-electron chi connectivity index (χ3n) is 3.57. The van der Waals surface area contributed by atoms with Crippen molar-refractivity contribution >= 4 is 9.84 Å². The zero-order valence-electron chi connectivity index (χ0n) is 13.2. The summed E-state index contributed by atoms with van der Waals surface area (Å²) in [7, 11) is -3.25. The largest absolute Gasteiger partial charge is 0.396 e. The van der Waals surface area contributed by atoms with E-state index in [1.807, 2.05) is 32.1 Å². The molecule has 0 spiro atoms. The quantitative estimate of drug-likeness (QED) is 0.748. The van der Waals surface area contributed by atoms with Crippen molar-refractivity contribution in [3.8, 4) is 0 Å². The van der Waals surface area contributed by atoms with Crippen LogP contribution in [-0.4, -0.2) is 25.9 Å². The molecule has 0 radical (unpaired) electrons. The van der Waals surface area contributed by atoms with Gasteiger partial charge in [-0.1, -0.05) is 36.3 Å². The van der Waals surface area contributed by atoms with Crippen molar-refractivity contribution in [1.29, 1.82) is 0 Å². The van der Waals surface area contributed by atoms with E-state index in [1.54, 1.807) is 12.1 Å². The first-order valence-electron chi connectivity index (χ1n) is 7.41. The molecule has 0 saturated carbocycles. The number of allylic oxidation sites excluding steroid dienone is 1. The molecule has 1 N–H and O–H groups in total. The molecule has 118 valence electrons. The highest BCUT2D eigenvalue weighted by molar-refractivity contribution is 7.91. The van der Waals surface area contributed by atoms with E-state index in [0.717, 1.165) is 30.4 Å². The Balaban J connectivity index is 2.60. The third kappa shape index (κ3) is 6.44. The second-order valence-electron chi connectivity index (χ2n) is 5.82. The van der Waals surface area contributed by atoms with E-state index >= 15 is 0 Å². The standard InChI is InChI=1S/C17H26O3S/c1-14(11-12-18)5-4-6-16(3)13-21(19,20)17-9-7-15(2)8-10-17/h6-10,14,18H,4-5,11-13H2,1-3H3. The second-order valence-corrected chi connectivity index (χ2v) is 7.81. The Labute approximate surface area is 128 Å². The first kappa shape index (κ1) is 17.9. The van der Waals surface area contributed by atoms with Crippen LogP contribution >= 0.6 is 0 Å². The predicted molar refractivity (Wildman–Crippen MR) is 87.1 cm³/mol. The molecule has 1 atom stereocenters. The fourth-order valence-corrected chi connectivity index (χ4v) is 3.60. The predicted octanol–water partition coefficient (Wildman–Crippen LogP) is 3.51. The summed E-state index contributed by atoms with van der Waals surface area (Å²) in [6.07, 6.45) is 4.63. The van der Waals surface area contributed by atoms with Gasteiger partial charge in [-0.05, 0) is 51.2 Å². The van der Waals surface area contributed by atoms with Crippen molar-refractivity contribution in [2.45, 2.75) is 44.9 Å². The fraction of sp³-hybridized carbons (Fsp3) is 0.529. The van der Waals surface area contributed by atoms with Crippen molar-refractivity contribution in [3.05, 3.63) is 41.5 Å². The van der Waals surface area contributed by atoms with Crippen LogP contribution in [0.3, 0.4) is 0 Å². The average molecular weight is 310 g/mol. The van der Waals surface area contributed by atoms with E-state index in [-0.39, 0.29) is 12.4 Å². The smallest absolute Gasteiger partial charge is 0.182 e. The fourth-order valence-electron chi connectivity index (χ4n) is 2.17. The Kier molecular flexibility index (Phi) is 7.12. The molecule has 0 aliphatic rings. The third-order valence-corrected chi connectivity index (χ3v) is 5.40. The van der Waals surface area contributed by atoms with Gasteiger partial charge >= 0.3 is 0 Å². The highest BCUT2D eigenvalue weighted by Gasteiger charge is 2.14. The van der Waals surface area contributed by atoms with Gasteiger partial charge in [0.25, 0.3) is 0 Å². The minimum absolute atomic E-state index is 0.0739. The molecule has 0 aliphatic carbocycles. The molecule has 0 fully saturated rings. The Morgan fingerprint density at radius 1 is 1.24 bits per heavy atom. The molecular weight excluding hydrogens is 284 g/mol. The van der Waals surface area contributed by atoms with E-state index in [2.05, 4.69) is 6.92 Å². The molecule has 0 heterocycles. The maximum Gasteiger partial charge on any atom is 0.182 e. The van der Waals surface area contributed by atoms with Gasteiger partial charge in [-0.2, -0.15) is 0 Å². The van der Waals surface area contributed by atoms with E-state index in [9.17, 15) is 8.42 Å². The van der Waals surface area contributed by atoms with Gasteiger partial charge in [0, 0.05) is 6.61 Å². The summed E-state index contributed by atoms with van der Waals surface area (Å²) >= 11 is 0. The maximum atomic E-state index is 12.3. The molecule has 0 amide bonds. The van der Waals surface area contributed by atoms with Crippen LogP contribution < -0.4 is 0 Å². The number of aliphatic hydroxyl groups excluding tert-OH is 1. The van der Waals surface area contributed by atoms with Crippen molar-refractivity contribution in [1.82, 2.24) is 0 Å². The lowest BCUT2D eigenvalue weighted by Gasteiger charge is -2.08. The van der Waals surface area contributed by atoms with Crippen LogP contribution in [0, 0.1) is 12.8 Å².